The first-order chi connectivity index (χ1) is 7.68. The van der Waals surface area contributed by atoms with Crippen molar-refractivity contribution in [2.45, 2.75) is 19.4 Å². The molecule has 0 saturated heterocycles. The highest BCUT2D eigenvalue weighted by molar-refractivity contribution is 5.85. The number of benzene rings is 2. The highest BCUT2D eigenvalue weighted by Gasteiger charge is 2.19. The summed E-state index contributed by atoms with van der Waals surface area (Å²) < 4.78 is 0. The summed E-state index contributed by atoms with van der Waals surface area (Å²) in [5.41, 5.74) is 2.39. The van der Waals surface area contributed by atoms with E-state index in [9.17, 15) is 0 Å². The zero-order valence-electron chi connectivity index (χ0n) is 10.2. The van der Waals surface area contributed by atoms with Crippen molar-refractivity contribution in [2.75, 3.05) is 5.32 Å². The van der Waals surface area contributed by atoms with Crippen molar-refractivity contribution in [3.63, 3.8) is 0 Å². The molecule has 2 heteroatoms. The normalized spacial score (nSPS) is 10.5. The molecule has 2 aromatic rings. The van der Waals surface area contributed by atoms with Gasteiger partial charge in [-0.3, -0.25) is 0 Å². The van der Waals surface area contributed by atoms with Crippen molar-refractivity contribution >= 4 is 18.1 Å². The number of halogens is 1. The Kier molecular flexibility index (Phi) is 4.59. The lowest BCUT2D eigenvalue weighted by Crippen LogP contribution is -2.27. The lowest BCUT2D eigenvalue weighted by molar-refractivity contribution is 0.609. The van der Waals surface area contributed by atoms with Gasteiger partial charge >= 0.3 is 0 Å². The van der Waals surface area contributed by atoms with Gasteiger partial charge in [-0.2, -0.15) is 0 Å². The molecule has 0 spiro atoms. The maximum atomic E-state index is 3.53. The Morgan fingerprint density at radius 2 is 1.24 bits per heavy atom. The Balaban J connectivity index is 0.00000144. The monoisotopic (exact) mass is 247 g/mol. The van der Waals surface area contributed by atoms with Crippen LogP contribution in [0.15, 0.2) is 60.7 Å². The molecule has 0 radical (unpaired) electrons. The number of hydrogen-bond acceptors (Lipinski definition) is 1. The van der Waals surface area contributed by atoms with Crippen LogP contribution < -0.4 is 5.32 Å². The smallest absolute Gasteiger partial charge is 0.0569 e. The van der Waals surface area contributed by atoms with Crippen LogP contribution in [0.5, 0.6) is 0 Å². The van der Waals surface area contributed by atoms with Gasteiger partial charge in [0, 0.05) is 5.69 Å². The molecule has 0 amide bonds. The van der Waals surface area contributed by atoms with Crippen LogP contribution in [0.2, 0.25) is 0 Å². The van der Waals surface area contributed by atoms with Crippen molar-refractivity contribution < 1.29 is 0 Å². The van der Waals surface area contributed by atoms with Gasteiger partial charge in [-0.05, 0) is 31.5 Å². The molecule has 90 valence electrons. The lowest BCUT2D eigenvalue weighted by atomic mass is 9.94. The molecule has 0 heterocycles. The molecule has 0 unspecified atom stereocenters. The minimum atomic E-state index is -0.0530. The molecule has 2 rings (SSSR count). The van der Waals surface area contributed by atoms with Crippen molar-refractivity contribution in [3.8, 4) is 0 Å². The van der Waals surface area contributed by atoms with E-state index in [1.807, 2.05) is 24.3 Å². The molecular weight excluding hydrogens is 230 g/mol. The summed E-state index contributed by atoms with van der Waals surface area (Å²) in [5.74, 6) is 0. The second-order valence-corrected chi connectivity index (χ2v) is 4.48. The largest absolute Gasteiger partial charge is 0.376 e. The molecule has 0 atom stereocenters. The second kappa shape index (κ2) is 5.74. The molecule has 0 aliphatic rings. The first-order valence-corrected chi connectivity index (χ1v) is 5.57. The zero-order valence-corrected chi connectivity index (χ0v) is 11.0. The molecule has 0 saturated carbocycles. The lowest BCUT2D eigenvalue weighted by Gasteiger charge is -2.28. The Morgan fingerprint density at radius 1 is 0.765 bits per heavy atom. The number of anilines is 1. The van der Waals surface area contributed by atoms with Crippen LogP contribution >= 0.6 is 12.4 Å². The summed E-state index contributed by atoms with van der Waals surface area (Å²) in [6.45, 7) is 4.38. The number of nitrogens with one attached hydrogen (secondary N) is 1. The zero-order chi connectivity index (χ0) is 11.4. The van der Waals surface area contributed by atoms with Crippen LogP contribution in [0.25, 0.3) is 0 Å². The predicted octanol–water partition coefficient (Wildman–Crippen LogP) is 4.46. The van der Waals surface area contributed by atoms with E-state index in [1.54, 1.807) is 0 Å². The van der Waals surface area contributed by atoms with Crippen molar-refractivity contribution in [3.05, 3.63) is 66.2 Å². The van der Waals surface area contributed by atoms with Gasteiger partial charge in [0.2, 0.25) is 0 Å². The Hall–Kier alpha value is -1.47. The molecule has 0 fully saturated rings. The Labute approximate surface area is 109 Å². The number of para-hydroxylation sites is 1. The van der Waals surface area contributed by atoms with E-state index >= 15 is 0 Å². The number of rotatable bonds is 3. The van der Waals surface area contributed by atoms with Crippen LogP contribution in [0.4, 0.5) is 5.69 Å². The molecule has 0 bridgehead atoms. The van der Waals surface area contributed by atoms with E-state index in [0.717, 1.165) is 5.69 Å². The van der Waals surface area contributed by atoms with Gasteiger partial charge in [0.1, 0.15) is 0 Å². The summed E-state index contributed by atoms with van der Waals surface area (Å²) in [7, 11) is 0. The van der Waals surface area contributed by atoms with E-state index in [0.29, 0.717) is 0 Å². The van der Waals surface area contributed by atoms with Gasteiger partial charge in [0.15, 0.2) is 0 Å². The van der Waals surface area contributed by atoms with Gasteiger partial charge < -0.3 is 5.32 Å². The third kappa shape index (κ3) is 3.50. The number of hydrogen-bond donors (Lipinski definition) is 1. The fraction of sp³-hybridized carbons (Fsp3) is 0.200. The molecule has 0 aromatic heterocycles. The minimum absolute atomic E-state index is 0. The fourth-order valence-corrected chi connectivity index (χ4v) is 1.81. The molecule has 0 aliphatic heterocycles. The second-order valence-electron chi connectivity index (χ2n) is 4.48. The van der Waals surface area contributed by atoms with Gasteiger partial charge in [0.25, 0.3) is 0 Å². The maximum absolute atomic E-state index is 3.53. The van der Waals surface area contributed by atoms with Gasteiger partial charge in [-0.15, -0.1) is 12.4 Å². The molecule has 2 aromatic carbocycles. The third-order valence-corrected chi connectivity index (χ3v) is 2.73. The topological polar surface area (TPSA) is 12.0 Å². The van der Waals surface area contributed by atoms with Crippen LogP contribution in [-0.2, 0) is 5.54 Å². The summed E-state index contributed by atoms with van der Waals surface area (Å²) in [6, 6.07) is 20.8. The molecular formula is C15H18ClN. The quantitative estimate of drug-likeness (QED) is 0.845. The maximum Gasteiger partial charge on any atom is 0.0569 e. The summed E-state index contributed by atoms with van der Waals surface area (Å²) in [6.07, 6.45) is 0. The average Bonchev–Trinajstić information content (AvgIpc) is 2.31. The Morgan fingerprint density at radius 3 is 1.76 bits per heavy atom. The van der Waals surface area contributed by atoms with Crippen LogP contribution in [-0.4, -0.2) is 0 Å². The van der Waals surface area contributed by atoms with E-state index in [1.165, 1.54) is 5.56 Å². The van der Waals surface area contributed by atoms with Gasteiger partial charge in [0.05, 0.1) is 5.54 Å². The van der Waals surface area contributed by atoms with E-state index in [2.05, 4.69) is 55.6 Å². The van der Waals surface area contributed by atoms with Gasteiger partial charge in [-0.25, -0.2) is 0 Å². The summed E-state index contributed by atoms with van der Waals surface area (Å²) in [5, 5.41) is 3.53. The van der Waals surface area contributed by atoms with Crippen LogP contribution in [0.3, 0.4) is 0 Å². The molecule has 1 nitrogen and oxygen atoms in total. The SMILES string of the molecule is CC(C)(Nc1ccccc1)c1ccccc1.Cl. The van der Waals surface area contributed by atoms with Crippen LogP contribution in [0, 0.1) is 0 Å². The van der Waals surface area contributed by atoms with Crippen molar-refractivity contribution in [2.24, 2.45) is 0 Å². The van der Waals surface area contributed by atoms with Crippen molar-refractivity contribution in [1.82, 2.24) is 0 Å². The first kappa shape index (κ1) is 13.6. The van der Waals surface area contributed by atoms with E-state index < -0.39 is 0 Å². The van der Waals surface area contributed by atoms with Crippen LogP contribution in [0.1, 0.15) is 19.4 Å². The summed E-state index contributed by atoms with van der Waals surface area (Å²) in [4.78, 5) is 0. The molecule has 1 N–H and O–H groups in total. The van der Waals surface area contributed by atoms with Gasteiger partial charge in [-0.1, -0.05) is 48.5 Å². The van der Waals surface area contributed by atoms with Crippen molar-refractivity contribution in [1.29, 1.82) is 0 Å². The molecule has 17 heavy (non-hydrogen) atoms. The highest BCUT2D eigenvalue weighted by atomic mass is 35.5. The predicted molar refractivity (Wildman–Crippen MR) is 76.8 cm³/mol. The fourth-order valence-electron chi connectivity index (χ4n) is 1.81. The highest BCUT2D eigenvalue weighted by Crippen LogP contribution is 2.24. The molecule has 0 aliphatic carbocycles. The third-order valence-electron chi connectivity index (χ3n) is 2.73. The Bertz CT molecular complexity index is 437. The van der Waals surface area contributed by atoms with E-state index in [-0.39, 0.29) is 17.9 Å². The van der Waals surface area contributed by atoms with E-state index in [4.69, 9.17) is 0 Å². The minimum Gasteiger partial charge on any atom is -0.376 e. The summed E-state index contributed by atoms with van der Waals surface area (Å²) >= 11 is 0. The first-order valence-electron chi connectivity index (χ1n) is 5.57. The average molecular weight is 248 g/mol. The standard InChI is InChI=1S/C15H17N.ClH/c1-15(2,13-9-5-3-6-10-13)16-14-11-7-4-8-12-14;/h3-12,16H,1-2H3;1H.